The van der Waals surface area contributed by atoms with E-state index >= 15 is 0 Å². The first-order valence-corrected chi connectivity index (χ1v) is 7.29. The van der Waals surface area contributed by atoms with E-state index in [4.69, 9.17) is 10.5 Å². The van der Waals surface area contributed by atoms with Gasteiger partial charge < -0.3 is 20.7 Å². The molecule has 0 bridgehead atoms. The molecule has 1 heterocycles. The molecule has 0 spiro atoms. The number of hydrogen-bond acceptors (Lipinski definition) is 3. The number of rotatable bonds is 1. The minimum absolute atomic E-state index is 0.0324. The highest BCUT2D eigenvalue weighted by molar-refractivity contribution is 5.89. The summed E-state index contributed by atoms with van der Waals surface area (Å²) >= 11 is 0. The maximum Gasteiger partial charge on any atom is 0.322 e. The number of nitrogens with zero attached hydrogens (tertiary/aromatic N) is 1. The topological polar surface area (TPSA) is 67.6 Å². The van der Waals surface area contributed by atoms with Crippen molar-refractivity contribution in [1.82, 2.24) is 4.90 Å². The molecule has 20 heavy (non-hydrogen) atoms. The van der Waals surface area contributed by atoms with Gasteiger partial charge in [0.2, 0.25) is 0 Å². The van der Waals surface area contributed by atoms with Crippen LogP contribution in [0.1, 0.15) is 25.7 Å². The second-order valence-electron chi connectivity index (χ2n) is 5.51. The fourth-order valence-electron chi connectivity index (χ4n) is 3.11. The summed E-state index contributed by atoms with van der Waals surface area (Å²) in [4.78, 5) is 14.4. The normalized spacial score (nSPS) is 25.9. The molecule has 1 aromatic carbocycles. The van der Waals surface area contributed by atoms with E-state index in [1.54, 1.807) is 12.1 Å². The number of carbonyl (C=O) groups excluding carboxylic acids is 1. The van der Waals surface area contributed by atoms with E-state index < -0.39 is 0 Å². The number of ether oxygens (including phenoxy) is 1. The molecule has 1 saturated heterocycles. The number of benzene rings is 1. The van der Waals surface area contributed by atoms with E-state index in [1.165, 1.54) is 12.8 Å². The minimum atomic E-state index is -0.0324. The van der Waals surface area contributed by atoms with Crippen LogP contribution < -0.4 is 11.1 Å². The number of anilines is 2. The largest absolute Gasteiger partial charge is 0.399 e. The van der Waals surface area contributed by atoms with Crippen LogP contribution in [0.5, 0.6) is 0 Å². The average molecular weight is 275 g/mol. The minimum Gasteiger partial charge on any atom is -0.399 e. The fraction of sp³-hybridized carbons (Fsp3) is 0.533. The molecule has 2 atom stereocenters. The number of nitrogens with one attached hydrogen (secondary N) is 1. The molecule has 5 nitrogen and oxygen atoms in total. The van der Waals surface area contributed by atoms with Gasteiger partial charge >= 0.3 is 6.03 Å². The highest BCUT2D eigenvalue weighted by Crippen LogP contribution is 2.28. The summed E-state index contributed by atoms with van der Waals surface area (Å²) < 4.78 is 5.79. The first kappa shape index (κ1) is 13.2. The summed E-state index contributed by atoms with van der Waals surface area (Å²) in [6, 6.07) is 7.43. The summed E-state index contributed by atoms with van der Waals surface area (Å²) in [6.07, 6.45) is 4.70. The van der Waals surface area contributed by atoms with Gasteiger partial charge in [0.05, 0.1) is 18.8 Å². The van der Waals surface area contributed by atoms with Gasteiger partial charge in [-0.1, -0.05) is 12.8 Å². The van der Waals surface area contributed by atoms with Crippen molar-refractivity contribution < 1.29 is 9.53 Å². The van der Waals surface area contributed by atoms with Crippen molar-refractivity contribution in [1.29, 1.82) is 0 Å². The standard InChI is InChI=1S/C15H21N3O2/c16-11-5-7-12(8-6-11)17-15(19)18-9-10-20-14-4-2-1-3-13(14)18/h5-8,13-14H,1-4,9-10,16H2,(H,17,19). The Hall–Kier alpha value is -1.75. The molecule has 2 amide bonds. The van der Waals surface area contributed by atoms with Crippen molar-refractivity contribution in [3.63, 3.8) is 0 Å². The van der Waals surface area contributed by atoms with Crippen LogP contribution in [0, 0.1) is 0 Å². The molecule has 3 N–H and O–H groups in total. The molecule has 1 aromatic rings. The van der Waals surface area contributed by atoms with Crippen molar-refractivity contribution in [2.24, 2.45) is 0 Å². The highest BCUT2D eigenvalue weighted by Gasteiger charge is 2.36. The van der Waals surface area contributed by atoms with Gasteiger partial charge in [0, 0.05) is 17.9 Å². The van der Waals surface area contributed by atoms with E-state index in [-0.39, 0.29) is 18.2 Å². The molecular weight excluding hydrogens is 254 g/mol. The molecule has 2 unspecified atom stereocenters. The third-order valence-electron chi connectivity index (χ3n) is 4.15. The van der Waals surface area contributed by atoms with Gasteiger partial charge in [0.1, 0.15) is 0 Å². The van der Waals surface area contributed by atoms with Crippen LogP contribution in [0.15, 0.2) is 24.3 Å². The van der Waals surface area contributed by atoms with Crippen LogP contribution in [0.25, 0.3) is 0 Å². The highest BCUT2D eigenvalue weighted by atomic mass is 16.5. The van der Waals surface area contributed by atoms with E-state index in [0.29, 0.717) is 18.8 Å². The zero-order valence-electron chi connectivity index (χ0n) is 11.5. The van der Waals surface area contributed by atoms with Gasteiger partial charge in [-0.2, -0.15) is 0 Å². The number of morpholine rings is 1. The second-order valence-corrected chi connectivity index (χ2v) is 5.51. The van der Waals surface area contributed by atoms with Crippen LogP contribution in [-0.4, -0.2) is 36.2 Å². The number of hydrogen-bond donors (Lipinski definition) is 2. The number of amides is 2. The summed E-state index contributed by atoms with van der Waals surface area (Å²) in [6.45, 7) is 1.30. The lowest BCUT2D eigenvalue weighted by molar-refractivity contribution is -0.0694. The lowest BCUT2D eigenvalue weighted by atomic mass is 9.90. The second kappa shape index (κ2) is 5.71. The maximum absolute atomic E-state index is 12.4. The van der Waals surface area contributed by atoms with Crippen LogP contribution in [-0.2, 0) is 4.74 Å². The van der Waals surface area contributed by atoms with Gasteiger partial charge in [0.25, 0.3) is 0 Å². The quantitative estimate of drug-likeness (QED) is 0.774. The monoisotopic (exact) mass is 275 g/mol. The molecule has 3 rings (SSSR count). The van der Waals surface area contributed by atoms with Crippen molar-refractivity contribution in [2.75, 3.05) is 24.2 Å². The Labute approximate surface area is 119 Å². The van der Waals surface area contributed by atoms with Crippen LogP contribution in [0.4, 0.5) is 16.2 Å². The molecule has 1 aliphatic heterocycles. The molecule has 5 heteroatoms. The van der Waals surface area contributed by atoms with E-state index in [0.717, 1.165) is 18.5 Å². The van der Waals surface area contributed by atoms with Gasteiger partial charge in [0.15, 0.2) is 0 Å². The lowest BCUT2D eigenvalue weighted by Gasteiger charge is -2.43. The zero-order chi connectivity index (χ0) is 13.9. The van der Waals surface area contributed by atoms with Crippen LogP contribution >= 0.6 is 0 Å². The van der Waals surface area contributed by atoms with Crippen LogP contribution in [0.3, 0.4) is 0 Å². The Kier molecular flexibility index (Phi) is 3.78. The Morgan fingerprint density at radius 3 is 2.80 bits per heavy atom. The van der Waals surface area contributed by atoms with Crippen molar-refractivity contribution >= 4 is 17.4 Å². The Morgan fingerprint density at radius 2 is 2.00 bits per heavy atom. The molecule has 1 aliphatic carbocycles. The number of fused-ring (bicyclic) bond motifs is 1. The fourth-order valence-corrected chi connectivity index (χ4v) is 3.11. The first-order valence-electron chi connectivity index (χ1n) is 7.29. The first-order chi connectivity index (χ1) is 9.74. The Morgan fingerprint density at radius 1 is 1.25 bits per heavy atom. The molecule has 108 valence electrons. The summed E-state index contributed by atoms with van der Waals surface area (Å²) in [5.41, 5.74) is 7.12. The summed E-state index contributed by atoms with van der Waals surface area (Å²) in [5, 5.41) is 2.95. The molecule has 0 radical (unpaired) electrons. The zero-order valence-corrected chi connectivity index (χ0v) is 11.5. The van der Waals surface area contributed by atoms with Crippen LogP contribution in [0.2, 0.25) is 0 Å². The van der Waals surface area contributed by atoms with Gasteiger partial charge in [-0.15, -0.1) is 0 Å². The van der Waals surface area contributed by atoms with Gasteiger partial charge in [-0.25, -0.2) is 4.79 Å². The van der Waals surface area contributed by atoms with Gasteiger partial charge in [-0.05, 0) is 37.1 Å². The van der Waals surface area contributed by atoms with E-state index in [9.17, 15) is 4.79 Å². The summed E-state index contributed by atoms with van der Waals surface area (Å²) in [7, 11) is 0. The maximum atomic E-state index is 12.4. The van der Waals surface area contributed by atoms with Crippen molar-refractivity contribution in [2.45, 2.75) is 37.8 Å². The molecule has 2 aliphatic rings. The number of urea groups is 1. The SMILES string of the molecule is Nc1ccc(NC(=O)N2CCOC3CCCCC32)cc1. The third kappa shape index (κ3) is 2.72. The average Bonchev–Trinajstić information content (AvgIpc) is 2.49. The third-order valence-corrected chi connectivity index (χ3v) is 4.15. The lowest BCUT2D eigenvalue weighted by Crippen LogP contribution is -2.55. The van der Waals surface area contributed by atoms with Crippen molar-refractivity contribution in [3.05, 3.63) is 24.3 Å². The molecular formula is C15H21N3O2. The molecule has 0 aromatic heterocycles. The predicted molar refractivity (Wildman–Crippen MR) is 78.6 cm³/mol. The summed E-state index contributed by atoms with van der Waals surface area (Å²) in [5.74, 6) is 0. The number of carbonyl (C=O) groups is 1. The number of nitrogens with two attached hydrogens (primary N) is 1. The smallest absolute Gasteiger partial charge is 0.322 e. The van der Waals surface area contributed by atoms with E-state index in [2.05, 4.69) is 5.32 Å². The predicted octanol–water partition coefficient (Wildman–Crippen LogP) is 2.44. The van der Waals surface area contributed by atoms with E-state index in [1.807, 2.05) is 17.0 Å². The molecule has 1 saturated carbocycles. The molecule has 2 fully saturated rings. The Balaban J connectivity index is 1.67. The number of nitrogen functional groups attached to an aromatic ring is 1. The van der Waals surface area contributed by atoms with Crippen molar-refractivity contribution in [3.8, 4) is 0 Å². The Bertz CT molecular complexity index is 473. The van der Waals surface area contributed by atoms with Gasteiger partial charge in [-0.3, -0.25) is 0 Å².